The average Bonchev–Trinajstić information content (AvgIpc) is 2.83. The Balaban J connectivity index is 2.14. The summed E-state index contributed by atoms with van der Waals surface area (Å²) in [5.74, 6) is -1.01. The van der Waals surface area contributed by atoms with Crippen LogP contribution in [0.2, 0.25) is 0 Å². The first kappa shape index (κ1) is 26.4. The Morgan fingerprint density at radius 2 is 1.61 bits per heavy atom. The number of hydrogen-bond donors (Lipinski definition) is 7. The maximum absolute atomic E-state index is 14.5. The smallest absolute Gasteiger partial charge is 0.387 e. The first-order chi connectivity index (χ1) is 13.9. The lowest BCUT2D eigenvalue weighted by molar-refractivity contribution is -0.0235. The van der Waals surface area contributed by atoms with Crippen LogP contribution in [-0.4, -0.2) is 59.7 Å². The molecule has 1 saturated heterocycles. The van der Waals surface area contributed by atoms with E-state index in [0.29, 0.717) is 0 Å². The predicted molar refractivity (Wildman–Crippen MR) is 95.9 cm³/mol. The van der Waals surface area contributed by atoms with Crippen LogP contribution in [0.5, 0.6) is 0 Å². The molecule has 6 atom stereocenters. The van der Waals surface area contributed by atoms with Gasteiger partial charge in [-0.3, -0.25) is 9.32 Å². The van der Waals surface area contributed by atoms with Gasteiger partial charge in [-0.15, -0.1) is 0 Å². The van der Waals surface area contributed by atoms with Crippen molar-refractivity contribution in [3.63, 3.8) is 0 Å². The van der Waals surface area contributed by atoms with Gasteiger partial charge in [-0.25, -0.2) is 18.1 Å². The van der Waals surface area contributed by atoms with Crippen LogP contribution in [0.4, 0.5) is 4.39 Å². The Morgan fingerprint density at radius 3 is 2.16 bits per heavy atom. The number of phosphoric acid groups is 3. The van der Waals surface area contributed by atoms with Crippen LogP contribution in [0.1, 0.15) is 22.9 Å². The summed E-state index contributed by atoms with van der Waals surface area (Å²) in [5, 5.41) is 20.3. The third-order valence-electron chi connectivity index (χ3n) is 4.08. The molecule has 1 aromatic rings. The quantitative estimate of drug-likeness (QED) is 0.220. The molecule has 0 spiro atoms. The maximum Gasteiger partial charge on any atom is 0.490 e. The number of aliphatic hydroxyl groups excluding tert-OH is 2. The van der Waals surface area contributed by atoms with Crippen LogP contribution in [0, 0.1) is 19.7 Å². The summed E-state index contributed by atoms with van der Waals surface area (Å²) in [4.78, 5) is 49.4. The molecule has 0 aromatic carbocycles. The van der Waals surface area contributed by atoms with Crippen LogP contribution in [0.3, 0.4) is 0 Å². The highest BCUT2D eigenvalue weighted by Gasteiger charge is 2.47. The van der Waals surface area contributed by atoms with E-state index >= 15 is 0 Å². The molecule has 1 aliphatic rings. The average molecular weight is 513 g/mol. The van der Waals surface area contributed by atoms with Crippen molar-refractivity contribution < 1.29 is 65.8 Å². The molecule has 0 radical (unpaired) electrons. The molecule has 0 saturated carbocycles. The van der Waals surface area contributed by atoms with E-state index in [2.05, 4.69) is 18.1 Å². The largest absolute Gasteiger partial charge is 0.490 e. The van der Waals surface area contributed by atoms with Crippen LogP contribution < -0.4 is 5.56 Å². The van der Waals surface area contributed by atoms with E-state index in [0.717, 1.165) is 0 Å². The molecule has 15 nitrogen and oxygen atoms in total. The van der Waals surface area contributed by atoms with Crippen molar-refractivity contribution in [1.29, 1.82) is 0 Å². The van der Waals surface area contributed by atoms with Crippen LogP contribution in [-0.2, 0) is 31.6 Å². The minimum Gasteiger partial charge on any atom is -0.387 e. The highest BCUT2D eigenvalue weighted by molar-refractivity contribution is 7.66. The molecule has 19 heteroatoms. The second kappa shape index (κ2) is 9.20. The Morgan fingerprint density at radius 1 is 1.03 bits per heavy atom. The standard InChI is InChI=1S/C12H19FNO14P3/c1-4-8(13)7(5(2)14-12(4)17)11-10(16)9(15)6(26-11)3-25-30(21,22)28-31(23,24)27-29(18,19)20/h6,9-11,15-16H,3H2,1-2H3,(H,14,17)(H,21,22)(H,23,24)(H2,18,19,20)/t6-,9?,10+,11+/m1/s1. The molecular weight excluding hydrogens is 494 g/mol. The normalized spacial score (nSPS) is 28.3. The molecule has 31 heavy (non-hydrogen) atoms. The van der Waals surface area contributed by atoms with Gasteiger partial charge in [0.2, 0.25) is 0 Å². The Bertz CT molecular complexity index is 1040. The van der Waals surface area contributed by atoms with Crippen molar-refractivity contribution in [2.45, 2.75) is 38.3 Å². The zero-order valence-corrected chi connectivity index (χ0v) is 18.4. The van der Waals surface area contributed by atoms with Crippen LogP contribution in [0.15, 0.2) is 4.79 Å². The fourth-order valence-corrected chi connectivity index (χ4v) is 5.76. The fourth-order valence-electron chi connectivity index (χ4n) is 2.73. The SMILES string of the molecule is Cc1[nH]c(=O)c(C)c(F)c1[C@@H]1O[C@H](COP(=O)(O)OP(=O)(O)OP(=O)(O)O)C(O)[C@@H]1O. The highest BCUT2D eigenvalue weighted by Crippen LogP contribution is 2.66. The van der Waals surface area contributed by atoms with Gasteiger partial charge in [0.25, 0.3) is 5.56 Å². The van der Waals surface area contributed by atoms with Gasteiger partial charge in [0.05, 0.1) is 12.2 Å². The number of nitrogens with one attached hydrogen (secondary N) is 1. The van der Waals surface area contributed by atoms with E-state index in [4.69, 9.17) is 19.4 Å². The van der Waals surface area contributed by atoms with E-state index in [1.165, 1.54) is 13.8 Å². The van der Waals surface area contributed by atoms with Crippen molar-refractivity contribution in [1.82, 2.24) is 4.98 Å². The van der Waals surface area contributed by atoms with Gasteiger partial charge in [0.1, 0.15) is 30.2 Å². The number of aromatic nitrogens is 1. The van der Waals surface area contributed by atoms with E-state index in [9.17, 15) is 38.0 Å². The lowest BCUT2D eigenvalue weighted by atomic mass is 9.98. The second-order valence-corrected chi connectivity index (χ2v) is 10.8. The van der Waals surface area contributed by atoms with Gasteiger partial charge in [-0.05, 0) is 13.8 Å². The number of aromatic amines is 1. The van der Waals surface area contributed by atoms with Crippen molar-refractivity contribution in [3.05, 3.63) is 33.0 Å². The van der Waals surface area contributed by atoms with E-state index in [1.807, 2.05) is 0 Å². The highest BCUT2D eigenvalue weighted by atomic mass is 31.3. The monoisotopic (exact) mass is 513 g/mol. The minimum absolute atomic E-state index is 0.0158. The van der Waals surface area contributed by atoms with E-state index < -0.39 is 65.9 Å². The number of ether oxygens (including phenoxy) is 1. The molecule has 178 valence electrons. The number of hydrogen-bond acceptors (Lipinski definition) is 10. The van der Waals surface area contributed by atoms with Gasteiger partial charge < -0.3 is 39.5 Å². The summed E-state index contributed by atoms with van der Waals surface area (Å²) in [6, 6.07) is 0. The number of H-pyrrole nitrogens is 1. The number of aliphatic hydroxyl groups is 2. The third kappa shape index (κ3) is 6.59. The molecule has 0 bridgehead atoms. The van der Waals surface area contributed by atoms with E-state index in [1.54, 1.807) is 0 Å². The van der Waals surface area contributed by atoms with Crippen molar-refractivity contribution >= 4 is 23.5 Å². The van der Waals surface area contributed by atoms with Gasteiger partial charge in [-0.1, -0.05) is 0 Å². The molecule has 1 fully saturated rings. The second-order valence-electron chi connectivity index (χ2n) is 6.39. The summed E-state index contributed by atoms with van der Waals surface area (Å²) >= 11 is 0. The fraction of sp³-hybridized carbons (Fsp3) is 0.583. The maximum atomic E-state index is 14.5. The molecular formula is C12H19FNO14P3. The molecule has 2 heterocycles. The third-order valence-corrected chi connectivity index (χ3v) is 7.88. The summed E-state index contributed by atoms with van der Waals surface area (Å²) in [6.07, 6.45) is -6.69. The summed E-state index contributed by atoms with van der Waals surface area (Å²) in [5.41, 5.74) is -1.35. The molecule has 3 unspecified atom stereocenters. The Hall–Kier alpha value is -0.830. The van der Waals surface area contributed by atoms with Crippen molar-refractivity contribution in [3.8, 4) is 0 Å². The number of halogens is 1. The van der Waals surface area contributed by atoms with Crippen molar-refractivity contribution in [2.24, 2.45) is 0 Å². The molecule has 7 N–H and O–H groups in total. The lowest BCUT2D eigenvalue weighted by Crippen LogP contribution is -2.33. The van der Waals surface area contributed by atoms with E-state index in [-0.39, 0.29) is 16.8 Å². The number of aryl methyl sites for hydroxylation is 1. The zero-order valence-electron chi connectivity index (χ0n) is 15.7. The molecule has 2 rings (SSSR count). The number of pyridine rings is 1. The zero-order chi connectivity index (χ0) is 23.9. The topological polar surface area (TPSA) is 242 Å². The van der Waals surface area contributed by atoms with Gasteiger partial charge in [-0.2, -0.15) is 8.62 Å². The minimum atomic E-state index is -5.74. The van der Waals surface area contributed by atoms with Crippen LogP contribution in [0.25, 0.3) is 0 Å². The van der Waals surface area contributed by atoms with Gasteiger partial charge >= 0.3 is 23.5 Å². The number of phosphoric ester groups is 1. The first-order valence-electron chi connectivity index (χ1n) is 8.13. The summed E-state index contributed by atoms with van der Waals surface area (Å²) < 4.78 is 64.8. The van der Waals surface area contributed by atoms with Crippen LogP contribution >= 0.6 is 23.5 Å². The Labute approximate surface area is 172 Å². The Kier molecular flexibility index (Phi) is 7.84. The number of rotatable bonds is 8. The van der Waals surface area contributed by atoms with Gasteiger partial charge in [0, 0.05) is 11.3 Å². The van der Waals surface area contributed by atoms with Gasteiger partial charge in [0.15, 0.2) is 0 Å². The van der Waals surface area contributed by atoms with Crippen molar-refractivity contribution in [2.75, 3.05) is 6.61 Å². The summed E-state index contributed by atoms with van der Waals surface area (Å²) in [7, 11) is -16.8. The summed E-state index contributed by atoms with van der Waals surface area (Å²) in [6.45, 7) is 1.42. The predicted octanol–water partition coefficient (Wildman–Crippen LogP) is -0.364. The molecule has 0 amide bonds. The molecule has 1 aliphatic heterocycles. The molecule has 1 aromatic heterocycles. The first-order valence-corrected chi connectivity index (χ1v) is 12.6. The molecule has 0 aliphatic carbocycles. The lowest BCUT2D eigenvalue weighted by Gasteiger charge is -2.19.